The summed E-state index contributed by atoms with van der Waals surface area (Å²) in [6.45, 7) is 10.1. The van der Waals surface area contributed by atoms with Gasteiger partial charge in [0.15, 0.2) is 15.6 Å². The Morgan fingerprint density at radius 1 is 1.25 bits per heavy atom. The van der Waals surface area contributed by atoms with Crippen LogP contribution in [0.4, 0.5) is 0 Å². The largest absolute Gasteiger partial charge is 0.295 e. The summed E-state index contributed by atoms with van der Waals surface area (Å²) in [5.41, 5.74) is 2.72. The number of carbonyl (C=O) groups excluding carboxylic acids is 1. The molecule has 0 bridgehead atoms. The summed E-state index contributed by atoms with van der Waals surface area (Å²) in [6, 6.07) is 0. The van der Waals surface area contributed by atoms with Crippen molar-refractivity contribution in [1.29, 1.82) is 0 Å². The fraction of sp³-hybridized carbons (Fsp3) is 0.650. The van der Waals surface area contributed by atoms with E-state index in [1.54, 1.807) is 0 Å². The first-order chi connectivity index (χ1) is 11.1. The topological polar surface area (TPSA) is 51.2 Å². The van der Waals surface area contributed by atoms with Gasteiger partial charge in [-0.2, -0.15) is 0 Å². The third-order valence-electron chi connectivity index (χ3n) is 4.68. The second kappa shape index (κ2) is 8.80. The SMILES string of the molecule is CCCCCS(=O)(=O)CC(C)=CC=CC1=C(C)C(=O)CCC1(C)C. The molecule has 0 aromatic rings. The number of carbonyl (C=O) groups is 1. The molecule has 0 aliphatic heterocycles. The number of ketones is 1. The molecular weight excluding hydrogens is 320 g/mol. The van der Waals surface area contributed by atoms with Crippen LogP contribution in [0.25, 0.3) is 0 Å². The van der Waals surface area contributed by atoms with E-state index in [9.17, 15) is 13.2 Å². The van der Waals surface area contributed by atoms with E-state index in [4.69, 9.17) is 0 Å². The van der Waals surface area contributed by atoms with Crippen LogP contribution >= 0.6 is 0 Å². The Labute approximate surface area is 147 Å². The van der Waals surface area contributed by atoms with Crippen molar-refractivity contribution >= 4 is 15.6 Å². The smallest absolute Gasteiger partial charge is 0.158 e. The molecule has 0 saturated heterocycles. The van der Waals surface area contributed by atoms with E-state index in [0.29, 0.717) is 6.42 Å². The van der Waals surface area contributed by atoms with Gasteiger partial charge in [0, 0.05) is 6.42 Å². The molecule has 4 heteroatoms. The first kappa shape index (κ1) is 20.9. The fourth-order valence-electron chi connectivity index (χ4n) is 3.10. The highest BCUT2D eigenvalue weighted by Gasteiger charge is 2.30. The van der Waals surface area contributed by atoms with Crippen LogP contribution in [0, 0.1) is 5.41 Å². The van der Waals surface area contributed by atoms with Crippen LogP contribution < -0.4 is 0 Å². The standard InChI is InChI=1S/C20H32O3S/c1-6-7-8-14-24(22,23)15-16(2)10-9-11-18-17(3)19(21)12-13-20(18,4)5/h9-11H,6-8,12-15H2,1-5H3. The van der Waals surface area contributed by atoms with Crippen molar-refractivity contribution < 1.29 is 13.2 Å². The van der Waals surface area contributed by atoms with Gasteiger partial charge in [0.2, 0.25) is 0 Å². The van der Waals surface area contributed by atoms with Gasteiger partial charge < -0.3 is 0 Å². The molecule has 0 aromatic carbocycles. The van der Waals surface area contributed by atoms with Crippen molar-refractivity contribution in [3.05, 3.63) is 34.9 Å². The third-order valence-corrected chi connectivity index (χ3v) is 6.48. The van der Waals surface area contributed by atoms with Crippen molar-refractivity contribution in [3.63, 3.8) is 0 Å². The lowest BCUT2D eigenvalue weighted by atomic mass is 9.72. The molecule has 1 aliphatic rings. The molecule has 0 N–H and O–H groups in total. The molecule has 0 heterocycles. The number of Topliss-reactive ketones (excluding diaryl/α,β-unsaturated/α-hetero) is 1. The van der Waals surface area contributed by atoms with E-state index in [-0.39, 0.29) is 22.7 Å². The van der Waals surface area contributed by atoms with Gasteiger partial charge in [-0.1, -0.05) is 57.4 Å². The predicted molar refractivity (Wildman–Crippen MR) is 102 cm³/mol. The van der Waals surface area contributed by atoms with Crippen molar-refractivity contribution in [2.75, 3.05) is 11.5 Å². The normalized spacial score (nSPS) is 19.4. The molecule has 1 aliphatic carbocycles. The Balaban J connectivity index is 2.78. The number of rotatable bonds is 8. The van der Waals surface area contributed by atoms with Crippen LogP contribution in [0.15, 0.2) is 34.9 Å². The molecule has 3 nitrogen and oxygen atoms in total. The maximum Gasteiger partial charge on any atom is 0.158 e. The summed E-state index contributed by atoms with van der Waals surface area (Å²) in [5, 5.41) is 0. The quantitative estimate of drug-likeness (QED) is 0.466. The summed E-state index contributed by atoms with van der Waals surface area (Å²) in [6.07, 6.45) is 9.90. The van der Waals surface area contributed by atoms with E-state index < -0.39 is 9.84 Å². The fourth-order valence-corrected chi connectivity index (χ4v) is 4.68. The molecule has 24 heavy (non-hydrogen) atoms. The summed E-state index contributed by atoms with van der Waals surface area (Å²) >= 11 is 0. The average molecular weight is 353 g/mol. The highest BCUT2D eigenvalue weighted by Crippen LogP contribution is 2.39. The minimum Gasteiger partial charge on any atom is -0.295 e. The molecule has 0 fully saturated rings. The highest BCUT2D eigenvalue weighted by molar-refractivity contribution is 7.91. The molecule has 0 saturated carbocycles. The van der Waals surface area contributed by atoms with Crippen molar-refractivity contribution in [2.24, 2.45) is 5.41 Å². The lowest BCUT2D eigenvalue weighted by Gasteiger charge is -2.32. The van der Waals surface area contributed by atoms with Gasteiger partial charge >= 0.3 is 0 Å². The molecule has 0 atom stereocenters. The molecule has 0 amide bonds. The zero-order valence-electron chi connectivity index (χ0n) is 15.8. The second-order valence-electron chi connectivity index (χ2n) is 7.52. The molecule has 0 radical (unpaired) electrons. The molecule has 0 unspecified atom stereocenters. The minimum absolute atomic E-state index is 0.0114. The maximum absolute atomic E-state index is 12.1. The molecule has 1 rings (SSSR count). The number of hydrogen-bond donors (Lipinski definition) is 0. The molecule has 0 aromatic heterocycles. The van der Waals surface area contributed by atoms with Crippen molar-refractivity contribution in [2.45, 2.75) is 66.7 Å². The van der Waals surface area contributed by atoms with Crippen LogP contribution in [0.1, 0.15) is 66.7 Å². The Morgan fingerprint density at radius 3 is 2.54 bits per heavy atom. The summed E-state index contributed by atoms with van der Waals surface area (Å²) in [7, 11) is -3.02. The zero-order chi connectivity index (χ0) is 18.4. The Bertz CT molecular complexity index is 646. The average Bonchev–Trinajstić information content (AvgIpc) is 2.46. The van der Waals surface area contributed by atoms with Gasteiger partial charge in [-0.3, -0.25) is 4.79 Å². The lowest BCUT2D eigenvalue weighted by Crippen LogP contribution is -2.24. The van der Waals surface area contributed by atoms with E-state index in [0.717, 1.165) is 42.4 Å². The van der Waals surface area contributed by atoms with Gasteiger partial charge in [0.05, 0.1) is 11.5 Å². The lowest BCUT2D eigenvalue weighted by molar-refractivity contribution is -0.116. The summed E-state index contributed by atoms with van der Waals surface area (Å²) in [5.74, 6) is 0.594. The Morgan fingerprint density at radius 2 is 1.92 bits per heavy atom. The van der Waals surface area contributed by atoms with E-state index in [1.807, 2.05) is 32.1 Å². The number of hydrogen-bond acceptors (Lipinski definition) is 3. The van der Waals surface area contributed by atoms with Gasteiger partial charge in [-0.05, 0) is 43.3 Å². The second-order valence-corrected chi connectivity index (χ2v) is 9.70. The monoisotopic (exact) mass is 352 g/mol. The zero-order valence-corrected chi connectivity index (χ0v) is 16.6. The maximum atomic E-state index is 12.1. The van der Waals surface area contributed by atoms with E-state index >= 15 is 0 Å². The Kier molecular flexibility index (Phi) is 7.65. The van der Waals surface area contributed by atoms with Gasteiger partial charge in [0.25, 0.3) is 0 Å². The van der Waals surface area contributed by atoms with Crippen LogP contribution in [-0.2, 0) is 14.6 Å². The van der Waals surface area contributed by atoms with Crippen molar-refractivity contribution in [3.8, 4) is 0 Å². The summed E-state index contributed by atoms with van der Waals surface area (Å²) in [4.78, 5) is 11.9. The van der Waals surface area contributed by atoms with Gasteiger partial charge in [0.1, 0.15) is 0 Å². The highest BCUT2D eigenvalue weighted by atomic mass is 32.2. The first-order valence-corrected chi connectivity index (χ1v) is 10.7. The van der Waals surface area contributed by atoms with Gasteiger partial charge in [-0.25, -0.2) is 8.42 Å². The predicted octanol–water partition coefficient (Wildman–Crippen LogP) is 4.80. The van der Waals surface area contributed by atoms with Crippen molar-refractivity contribution in [1.82, 2.24) is 0 Å². The van der Waals surface area contributed by atoms with Crippen LogP contribution in [0.2, 0.25) is 0 Å². The van der Waals surface area contributed by atoms with E-state index in [2.05, 4.69) is 20.8 Å². The third kappa shape index (κ3) is 6.39. The van der Waals surface area contributed by atoms with Crippen LogP contribution in [0.3, 0.4) is 0 Å². The van der Waals surface area contributed by atoms with Crippen LogP contribution in [-0.4, -0.2) is 25.7 Å². The minimum atomic E-state index is -3.02. The first-order valence-electron chi connectivity index (χ1n) is 8.88. The van der Waals surface area contributed by atoms with Gasteiger partial charge in [-0.15, -0.1) is 0 Å². The van der Waals surface area contributed by atoms with E-state index in [1.165, 1.54) is 0 Å². The molecule has 0 spiro atoms. The molecule has 136 valence electrons. The Hall–Kier alpha value is -1.16. The molecular formula is C20H32O3S. The van der Waals surface area contributed by atoms with Crippen LogP contribution in [0.5, 0.6) is 0 Å². The summed E-state index contributed by atoms with van der Waals surface area (Å²) < 4.78 is 24.1. The number of sulfone groups is 1. The number of allylic oxidation sites excluding steroid dienone is 5. The number of unbranched alkanes of at least 4 members (excludes halogenated alkanes) is 2.